The normalized spacial score (nSPS) is 21.9. The Morgan fingerprint density at radius 1 is 1.45 bits per heavy atom. The third kappa shape index (κ3) is 2.45. The number of anilines is 1. The van der Waals surface area contributed by atoms with E-state index in [9.17, 15) is 14.7 Å². The van der Waals surface area contributed by atoms with Crippen molar-refractivity contribution >= 4 is 29.3 Å². The van der Waals surface area contributed by atoms with Gasteiger partial charge in [-0.2, -0.15) is 0 Å². The Kier molecular flexibility index (Phi) is 3.90. The molecule has 2 N–H and O–H groups in total. The van der Waals surface area contributed by atoms with Crippen LogP contribution in [0.2, 0.25) is 5.02 Å². The van der Waals surface area contributed by atoms with Crippen LogP contribution in [0.25, 0.3) is 0 Å². The smallest absolute Gasteiger partial charge is 0.329 e. The summed E-state index contributed by atoms with van der Waals surface area (Å²) >= 11 is 6.00. The summed E-state index contributed by atoms with van der Waals surface area (Å²) in [7, 11) is 0. The van der Waals surface area contributed by atoms with Crippen molar-refractivity contribution in [3.05, 3.63) is 28.8 Å². The molecule has 108 valence electrons. The number of rotatable bonds is 2. The van der Waals surface area contributed by atoms with Crippen LogP contribution in [-0.4, -0.2) is 34.1 Å². The zero-order valence-corrected chi connectivity index (χ0v) is 12.2. The Bertz CT molecular complexity index is 561. The van der Waals surface area contributed by atoms with E-state index in [1.54, 1.807) is 32.0 Å². The van der Waals surface area contributed by atoms with Gasteiger partial charge in [0.05, 0.1) is 0 Å². The van der Waals surface area contributed by atoms with Crippen molar-refractivity contribution in [2.24, 2.45) is 0 Å². The maximum Gasteiger partial charge on any atom is 0.329 e. The number of likely N-dealkylation sites (tertiary alicyclic amines) is 1. The molecule has 20 heavy (non-hydrogen) atoms. The van der Waals surface area contributed by atoms with Gasteiger partial charge in [0, 0.05) is 17.3 Å². The first-order valence-corrected chi connectivity index (χ1v) is 6.81. The van der Waals surface area contributed by atoms with Gasteiger partial charge in [0.1, 0.15) is 5.54 Å². The molecule has 1 atom stereocenters. The fourth-order valence-corrected chi connectivity index (χ4v) is 2.61. The number of benzene rings is 1. The fourth-order valence-electron chi connectivity index (χ4n) is 2.44. The van der Waals surface area contributed by atoms with Gasteiger partial charge in [-0.1, -0.05) is 17.7 Å². The number of aliphatic carboxylic acids is 1. The predicted molar refractivity (Wildman–Crippen MR) is 77.2 cm³/mol. The topological polar surface area (TPSA) is 69.6 Å². The first-order chi connectivity index (χ1) is 9.36. The number of nitrogens with zero attached hydrogens (tertiary/aromatic N) is 1. The quantitative estimate of drug-likeness (QED) is 0.881. The van der Waals surface area contributed by atoms with E-state index in [4.69, 9.17) is 11.6 Å². The lowest BCUT2D eigenvalue weighted by Gasteiger charge is -2.31. The van der Waals surface area contributed by atoms with E-state index in [2.05, 4.69) is 5.32 Å². The van der Waals surface area contributed by atoms with Gasteiger partial charge in [-0.15, -0.1) is 0 Å². The zero-order valence-electron chi connectivity index (χ0n) is 11.4. The highest BCUT2D eigenvalue weighted by molar-refractivity contribution is 6.31. The summed E-state index contributed by atoms with van der Waals surface area (Å²) in [4.78, 5) is 25.0. The summed E-state index contributed by atoms with van der Waals surface area (Å²) in [6, 6.07) is 4.82. The number of amides is 2. The van der Waals surface area contributed by atoms with Gasteiger partial charge in [0.2, 0.25) is 0 Å². The third-order valence-corrected chi connectivity index (χ3v) is 4.27. The maximum absolute atomic E-state index is 12.3. The molecule has 0 aliphatic carbocycles. The molecule has 0 spiro atoms. The largest absolute Gasteiger partial charge is 0.480 e. The molecule has 1 saturated heterocycles. The number of carbonyl (C=O) groups is 2. The van der Waals surface area contributed by atoms with E-state index in [1.807, 2.05) is 0 Å². The van der Waals surface area contributed by atoms with Gasteiger partial charge < -0.3 is 15.3 Å². The Morgan fingerprint density at radius 3 is 2.80 bits per heavy atom. The molecule has 1 heterocycles. The van der Waals surface area contributed by atoms with Crippen molar-refractivity contribution < 1.29 is 14.7 Å². The second-order valence-electron chi connectivity index (χ2n) is 5.18. The van der Waals surface area contributed by atoms with Crippen LogP contribution in [0.15, 0.2) is 18.2 Å². The van der Waals surface area contributed by atoms with E-state index in [0.29, 0.717) is 30.1 Å². The first kappa shape index (κ1) is 14.7. The minimum Gasteiger partial charge on any atom is -0.480 e. The van der Waals surface area contributed by atoms with Crippen molar-refractivity contribution in [3.8, 4) is 0 Å². The van der Waals surface area contributed by atoms with Crippen molar-refractivity contribution in [2.45, 2.75) is 32.2 Å². The molecule has 0 bridgehead atoms. The third-order valence-electron chi connectivity index (χ3n) is 3.86. The van der Waals surface area contributed by atoms with Gasteiger partial charge in [-0.25, -0.2) is 9.59 Å². The summed E-state index contributed by atoms with van der Waals surface area (Å²) in [6.45, 7) is 3.82. The standard InChI is InChI=1S/C14H17ClN2O3/c1-9-10(15)5-3-6-11(9)16-13(20)17-8-4-7-14(17,2)12(18)19/h3,5-6H,4,7-8H2,1-2H3,(H,16,20)(H,18,19). The van der Waals surface area contributed by atoms with Gasteiger partial charge in [0.25, 0.3) is 0 Å². The van der Waals surface area contributed by atoms with E-state index >= 15 is 0 Å². The van der Waals surface area contributed by atoms with E-state index in [0.717, 1.165) is 5.56 Å². The Hall–Kier alpha value is -1.75. The Labute approximate surface area is 122 Å². The molecular weight excluding hydrogens is 280 g/mol. The number of hydrogen-bond donors (Lipinski definition) is 2. The van der Waals surface area contributed by atoms with Crippen LogP contribution in [0.4, 0.5) is 10.5 Å². The van der Waals surface area contributed by atoms with Crippen LogP contribution >= 0.6 is 11.6 Å². The number of urea groups is 1. The van der Waals surface area contributed by atoms with Gasteiger partial charge in [-0.05, 0) is 44.4 Å². The number of nitrogens with one attached hydrogen (secondary N) is 1. The van der Waals surface area contributed by atoms with Crippen molar-refractivity contribution in [1.29, 1.82) is 0 Å². The molecule has 6 heteroatoms. The zero-order chi connectivity index (χ0) is 14.9. The molecule has 1 aliphatic heterocycles. The number of carboxylic acid groups (broad SMARTS) is 1. The lowest BCUT2D eigenvalue weighted by atomic mass is 10.00. The molecule has 1 fully saturated rings. The van der Waals surface area contributed by atoms with Crippen molar-refractivity contribution in [1.82, 2.24) is 4.90 Å². The number of hydrogen-bond acceptors (Lipinski definition) is 2. The highest BCUT2D eigenvalue weighted by Crippen LogP contribution is 2.30. The van der Waals surface area contributed by atoms with Gasteiger partial charge >= 0.3 is 12.0 Å². The SMILES string of the molecule is Cc1c(Cl)cccc1NC(=O)N1CCCC1(C)C(=O)O. The number of carbonyl (C=O) groups excluding carboxylic acids is 1. The molecule has 0 aromatic heterocycles. The number of carboxylic acids is 1. The average Bonchev–Trinajstić information content (AvgIpc) is 2.78. The monoisotopic (exact) mass is 296 g/mol. The van der Waals surface area contributed by atoms with Crippen LogP contribution < -0.4 is 5.32 Å². The summed E-state index contributed by atoms with van der Waals surface area (Å²) in [5, 5.41) is 12.6. The second-order valence-corrected chi connectivity index (χ2v) is 5.58. The summed E-state index contributed by atoms with van der Waals surface area (Å²) in [5.41, 5.74) is 0.220. The molecule has 0 saturated carbocycles. The van der Waals surface area contributed by atoms with Crippen LogP contribution in [0.1, 0.15) is 25.3 Å². The fraction of sp³-hybridized carbons (Fsp3) is 0.429. The van der Waals surface area contributed by atoms with Crippen LogP contribution in [0.3, 0.4) is 0 Å². The number of halogens is 1. The molecule has 0 radical (unpaired) electrons. The molecule has 1 aliphatic rings. The molecule has 1 unspecified atom stereocenters. The van der Waals surface area contributed by atoms with Crippen LogP contribution in [-0.2, 0) is 4.79 Å². The van der Waals surface area contributed by atoms with Crippen molar-refractivity contribution in [2.75, 3.05) is 11.9 Å². The van der Waals surface area contributed by atoms with E-state index in [1.165, 1.54) is 4.90 Å². The Balaban J connectivity index is 2.20. The lowest BCUT2D eigenvalue weighted by molar-refractivity contribution is -0.146. The molecule has 1 aromatic carbocycles. The molecular formula is C14H17ClN2O3. The summed E-state index contributed by atoms with van der Waals surface area (Å²) in [5.74, 6) is -0.979. The maximum atomic E-state index is 12.3. The summed E-state index contributed by atoms with van der Waals surface area (Å²) < 4.78 is 0. The van der Waals surface area contributed by atoms with Crippen LogP contribution in [0, 0.1) is 6.92 Å². The predicted octanol–water partition coefficient (Wildman–Crippen LogP) is 3.12. The van der Waals surface area contributed by atoms with Gasteiger partial charge in [0.15, 0.2) is 0 Å². The highest BCUT2D eigenvalue weighted by Gasteiger charge is 2.46. The van der Waals surface area contributed by atoms with Crippen LogP contribution in [0.5, 0.6) is 0 Å². The van der Waals surface area contributed by atoms with Gasteiger partial charge in [-0.3, -0.25) is 0 Å². The average molecular weight is 297 g/mol. The lowest BCUT2D eigenvalue weighted by Crippen LogP contribution is -2.52. The second kappa shape index (κ2) is 5.32. The Morgan fingerprint density at radius 2 is 2.15 bits per heavy atom. The molecule has 1 aromatic rings. The molecule has 2 amide bonds. The molecule has 2 rings (SSSR count). The molecule has 5 nitrogen and oxygen atoms in total. The van der Waals surface area contributed by atoms with E-state index < -0.39 is 17.5 Å². The first-order valence-electron chi connectivity index (χ1n) is 6.43. The highest BCUT2D eigenvalue weighted by atomic mass is 35.5. The minimum atomic E-state index is -1.14. The minimum absolute atomic E-state index is 0.405. The summed E-state index contributed by atoms with van der Waals surface area (Å²) in [6.07, 6.45) is 1.15. The van der Waals surface area contributed by atoms with E-state index in [-0.39, 0.29) is 0 Å². The van der Waals surface area contributed by atoms with Crippen molar-refractivity contribution in [3.63, 3.8) is 0 Å².